The van der Waals surface area contributed by atoms with Crippen molar-refractivity contribution in [2.45, 2.75) is 58.0 Å². The first kappa shape index (κ1) is 14.5. The van der Waals surface area contributed by atoms with Crippen molar-refractivity contribution in [1.82, 2.24) is 5.32 Å². The molecule has 0 aliphatic heterocycles. The van der Waals surface area contributed by atoms with E-state index in [0.717, 1.165) is 18.9 Å². The Balaban J connectivity index is 2.00. The minimum Gasteiger partial charge on any atom is -0.381 e. The van der Waals surface area contributed by atoms with Crippen LogP contribution in [-0.4, -0.2) is 31.2 Å². The molecule has 4 heteroatoms. The highest BCUT2D eigenvalue weighted by atomic mass is 16.5. The third-order valence-corrected chi connectivity index (χ3v) is 2.98. The van der Waals surface area contributed by atoms with Gasteiger partial charge in [0.25, 0.3) is 0 Å². The zero-order valence-electron chi connectivity index (χ0n) is 11.1. The topological polar surface area (TPSA) is 64.3 Å². The zero-order valence-corrected chi connectivity index (χ0v) is 11.1. The van der Waals surface area contributed by atoms with E-state index in [4.69, 9.17) is 10.5 Å². The normalized spacial score (nSPS) is 17.4. The fourth-order valence-corrected chi connectivity index (χ4v) is 1.74. The van der Waals surface area contributed by atoms with Gasteiger partial charge in [0, 0.05) is 19.3 Å². The maximum absolute atomic E-state index is 11.2. The molecule has 0 radical (unpaired) electrons. The summed E-state index contributed by atoms with van der Waals surface area (Å²) >= 11 is 0. The molecule has 1 aliphatic rings. The summed E-state index contributed by atoms with van der Waals surface area (Å²) in [6, 6.07) is 0.293. The molecule has 3 N–H and O–H groups in total. The van der Waals surface area contributed by atoms with E-state index in [1.807, 2.05) is 0 Å². The lowest BCUT2D eigenvalue weighted by Crippen LogP contribution is -2.43. The zero-order chi connectivity index (χ0) is 12.7. The molecule has 0 aromatic heterocycles. The van der Waals surface area contributed by atoms with Crippen LogP contribution in [0.3, 0.4) is 0 Å². The van der Waals surface area contributed by atoms with Gasteiger partial charge in [0.1, 0.15) is 0 Å². The molecule has 0 spiro atoms. The Hall–Kier alpha value is -0.610. The molecule has 1 aliphatic carbocycles. The van der Waals surface area contributed by atoms with Gasteiger partial charge in [-0.2, -0.15) is 0 Å². The van der Waals surface area contributed by atoms with Gasteiger partial charge in [-0.25, -0.2) is 0 Å². The molecule has 1 unspecified atom stereocenters. The molecule has 0 aromatic rings. The monoisotopic (exact) mass is 242 g/mol. The van der Waals surface area contributed by atoms with Crippen molar-refractivity contribution in [1.29, 1.82) is 0 Å². The van der Waals surface area contributed by atoms with E-state index >= 15 is 0 Å². The maximum atomic E-state index is 11.2. The summed E-state index contributed by atoms with van der Waals surface area (Å²) in [5, 5.41) is 3.24. The van der Waals surface area contributed by atoms with Crippen LogP contribution in [-0.2, 0) is 9.53 Å². The first-order chi connectivity index (χ1) is 8.09. The number of amides is 1. The van der Waals surface area contributed by atoms with Crippen molar-refractivity contribution in [2.24, 2.45) is 11.7 Å². The van der Waals surface area contributed by atoms with E-state index in [0.29, 0.717) is 19.1 Å². The van der Waals surface area contributed by atoms with Crippen LogP contribution < -0.4 is 11.1 Å². The summed E-state index contributed by atoms with van der Waals surface area (Å²) in [7, 11) is 0. The third-order valence-electron chi connectivity index (χ3n) is 2.98. The first-order valence-electron chi connectivity index (χ1n) is 6.72. The molecule has 1 saturated carbocycles. The average Bonchev–Trinajstić information content (AvgIpc) is 3.04. The van der Waals surface area contributed by atoms with E-state index in [1.165, 1.54) is 19.3 Å². The molecule has 100 valence electrons. The molecule has 1 atom stereocenters. The van der Waals surface area contributed by atoms with Gasteiger partial charge in [-0.3, -0.25) is 4.79 Å². The fourth-order valence-electron chi connectivity index (χ4n) is 1.74. The van der Waals surface area contributed by atoms with Crippen LogP contribution in [0.2, 0.25) is 0 Å². The SMILES string of the molecule is CC(C)CCCOCCC(NC1CC1)C(N)=O. The highest BCUT2D eigenvalue weighted by Gasteiger charge is 2.26. The predicted molar refractivity (Wildman–Crippen MR) is 68.6 cm³/mol. The lowest BCUT2D eigenvalue weighted by atomic mass is 10.1. The maximum Gasteiger partial charge on any atom is 0.234 e. The van der Waals surface area contributed by atoms with Crippen molar-refractivity contribution in [3.8, 4) is 0 Å². The number of rotatable bonds is 10. The molecular weight excluding hydrogens is 216 g/mol. The van der Waals surface area contributed by atoms with E-state index in [-0.39, 0.29) is 11.9 Å². The Morgan fingerprint density at radius 3 is 2.59 bits per heavy atom. The van der Waals surface area contributed by atoms with Crippen molar-refractivity contribution in [2.75, 3.05) is 13.2 Å². The van der Waals surface area contributed by atoms with Gasteiger partial charge >= 0.3 is 0 Å². The van der Waals surface area contributed by atoms with E-state index in [1.54, 1.807) is 0 Å². The highest BCUT2D eigenvalue weighted by molar-refractivity contribution is 5.79. The summed E-state index contributed by atoms with van der Waals surface area (Å²) in [5.74, 6) is 0.469. The molecule has 1 amide bonds. The number of hydrogen-bond donors (Lipinski definition) is 2. The summed E-state index contributed by atoms with van der Waals surface area (Å²) in [4.78, 5) is 11.2. The second-order valence-corrected chi connectivity index (χ2v) is 5.33. The van der Waals surface area contributed by atoms with E-state index < -0.39 is 0 Å². The standard InChI is InChI=1S/C13H26N2O2/c1-10(2)4-3-8-17-9-7-12(13(14)16)15-11-5-6-11/h10-12,15H,3-9H2,1-2H3,(H2,14,16). The lowest BCUT2D eigenvalue weighted by Gasteiger charge is -2.15. The minimum atomic E-state index is -0.261. The van der Waals surface area contributed by atoms with Crippen LogP contribution in [0.15, 0.2) is 0 Å². The van der Waals surface area contributed by atoms with Gasteiger partial charge in [-0.15, -0.1) is 0 Å². The molecule has 0 saturated heterocycles. The number of nitrogens with two attached hydrogens (primary N) is 1. The second-order valence-electron chi connectivity index (χ2n) is 5.33. The van der Waals surface area contributed by atoms with Crippen LogP contribution in [0, 0.1) is 5.92 Å². The number of primary amides is 1. The van der Waals surface area contributed by atoms with Gasteiger partial charge in [-0.1, -0.05) is 13.8 Å². The molecule has 0 bridgehead atoms. The van der Waals surface area contributed by atoms with Gasteiger partial charge < -0.3 is 15.8 Å². The van der Waals surface area contributed by atoms with E-state index in [2.05, 4.69) is 19.2 Å². The molecular formula is C13H26N2O2. The van der Waals surface area contributed by atoms with Crippen LogP contribution in [0.25, 0.3) is 0 Å². The predicted octanol–water partition coefficient (Wildman–Crippen LogP) is 1.44. The highest BCUT2D eigenvalue weighted by Crippen LogP contribution is 2.19. The van der Waals surface area contributed by atoms with E-state index in [9.17, 15) is 4.79 Å². The molecule has 1 fully saturated rings. The smallest absolute Gasteiger partial charge is 0.234 e. The molecule has 0 aromatic carbocycles. The van der Waals surface area contributed by atoms with Gasteiger partial charge in [0.15, 0.2) is 0 Å². The van der Waals surface area contributed by atoms with Crippen LogP contribution in [0.1, 0.15) is 46.0 Å². The summed E-state index contributed by atoms with van der Waals surface area (Å²) in [5.41, 5.74) is 5.34. The average molecular weight is 242 g/mol. The van der Waals surface area contributed by atoms with Crippen molar-refractivity contribution >= 4 is 5.91 Å². The Morgan fingerprint density at radius 2 is 2.06 bits per heavy atom. The first-order valence-corrected chi connectivity index (χ1v) is 6.72. The van der Waals surface area contributed by atoms with Gasteiger partial charge in [0.05, 0.1) is 6.04 Å². The Labute approximate surface area is 104 Å². The molecule has 1 rings (SSSR count). The Kier molecular flexibility index (Phi) is 6.52. The molecule has 17 heavy (non-hydrogen) atoms. The van der Waals surface area contributed by atoms with Crippen LogP contribution in [0.4, 0.5) is 0 Å². The number of nitrogens with one attached hydrogen (secondary N) is 1. The molecule has 4 nitrogen and oxygen atoms in total. The van der Waals surface area contributed by atoms with Crippen molar-refractivity contribution in [3.05, 3.63) is 0 Å². The third kappa shape index (κ3) is 7.34. The summed E-state index contributed by atoms with van der Waals surface area (Å²) in [6.07, 6.45) is 5.31. The largest absolute Gasteiger partial charge is 0.381 e. The summed E-state index contributed by atoms with van der Waals surface area (Å²) in [6.45, 7) is 5.82. The fraction of sp³-hybridized carbons (Fsp3) is 0.923. The van der Waals surface area contributed by atoms with Crippen molar-refractivity contribution < 1.29 is 9.53 Å². The Morgan fingerprint density at radius 1 is 1.35 bits per heavy atom. The minimum absolute atomic E-state index is 0.215. The number of hydrogen-bond acceptors (Lipinski definition) is 3. The van der Waals surface area contributed by atoms with Gasteiger partial charge in [0.2, 0.25) is 5.91 Å². The van der Waals surface area contributed by atoms with Crippen LogP contribution in [0.5, 0.6) is 0 Å². The van der Waals surface area contributed by atoms with Gasteiger partial charge in [-0.05, 0) is 38.0 Å². The number of carbonyl (C=O) groups excluding carboxylic acids is 1. The Bertz CT molecular complexity index is 227. The lowest BCUT2D eigenvalue weighted by molar-refractivity contribution is -0.120. The summed E-state index contributed by atoms with van der Waals surface area (Å²) < 4.78 is 5.52. The number of carbonyl (C=O) groups is 1. The number of ether oxygens (including phenoxy) is 1. The van der Waals surface area contributed by atoms with Crippen LogP contribution >= 0.6 is 0 Å². The quantitative estimate of drug-likeness (QED) is 0.570. The van der Waals surface area contributed by atoms with Crippen molar-refractivity contribution in [3.63, 3.8) is 0 Å². The second kappa shape index (κ2) is 7.67. The molecule has 0 heterocycles.